The molecule has 2 rings (SSSR count). The van der Waals surface area contributed by atoms with Gasteiger partial charge < -0.3 is 15.2 Å². The lowest BCUT2D eigenvalue weighted by molar-refractivity contribution is -0.385. The number of non-ortho nitro benzene ring substituents is 1. The Morgan fingerprint density at radius 2 is 2.04 bits per heavy atom. The second-order valence-electron chi connectivity index (χ2n) is 5.45. The number of nitro groups is 1. The summed E-state index contributed by atoms with van der Waals surface area (Å²) in [6.07, 6.45) is 1.11. The molecule has 10 heteroatoms. The number of halogens is 1. The fraction of sp³-hybridized carbons (Fsp3) is 0.176. The van der Waals surface area contributed by atoms with Gasteiger partial charge in [0.2, 0.25) is 0 Å². The normalized spacial score (nSPS) is 11.8. The first-order valence-corrected chi connectivity index (χ1v) is 8.51. The van der Waals surface area contributed by atoms with E-state index in [4.69, 9.17) is 4.74 Å². The van der Waals surface area contributed by atoms with Crippen molar-refractivity contribution in [2.45, 2.75) is 13.0 Å². The Morgan fingerprint density at radius 1 is 1.37 bits per heavy atom. The number of ether oxygens (including phenoxy) is 1. The van der Waals surface area contributed by atoms with Crippen LogP contribution in [0.1, 0.15) is 12.5 Å². The van der Waals surface area contributed by atoms with E-state index in [0.29, 0.717) is 0 Å². The van der Waals surface area contributed by atoms with Crippen LogP contribution < -0.4 is 15.5 Å². The molecule has 0 aliphatic carbocycles. The molecule has 0 aliphatic heterocycles. The first-order valence-electron chi connectivity index (χ1n) is 7.72. The number of phenolic OH excluding ortho intramolecular Hbond substituents is 1. The van der Waals surface area contributed by atoms with Gasteiger partial charge in [0, 0.05) is 21.8 Å². The molecule has 0 saturated heterocycles. The number of amides is 1. The third kappa shape index (κ3) is 5.42. The van der Waals surface area contributed by atoms with Gasteiger partial charge in [0.05, 0.1) is 24.3 Å². The molecule has 27 heavy (non-hydrogen) atoms. The number of hydrazone groups is 1. The minimum Gasteiger partial charge on any atom is -0.504 e. The van der Waals surface area contributed by atoms with Gasteiger partial charge >= 0.3 is 0 Å². The maximum Gasteiger partial charge on any atom is 0.274 e. The highest BCUT2D eigenvalue weighted by Crippen LogP contribution is 2.33. The molecule has 0 aromatic heterocycles. The van der Waals surface area contributed by atoms with Crippen LogP contribution in [0.4, 0.5) is 11.4 Å². The Kier molecular flexibility index (Phi) is 6.72. The highest BCUT2D eigenvalue weighted by Gasteiger charge is 2.16. The van der Waals surface area contributed by atoms with Gasteiger partial charge in [-0.15, -0.1) is 0 Å². The number of methoxy groups -OCH3 is 1. The summed E-state index contributed by atoms with van der Waals surface area (Å²) in [6.45, 7) is 1.65. The summed E-state index contributed by atoms with van der Waals surface area (Å²) in [5, 5.41) is 27.7. The van der Waals surface area contributed by atoms with Gasteiger partial charge in [0.15, 0.2) is 11.5 Å². The van der Waals surface area contributed by atoms with E-state index < -0.39 is 16.9 Å². The third-order valence-corrected chi connectivity index (χ3v) is 4.05. The Morgan fingerprint density at radius 3 is 2.63 bits per heavy atom. The van der Waals surface area contributed by atoms with Gasteiger partial charge in [-0.05, 0) is 31.2 Å². The van der Waals surface area contributed by atoms with E-state index in [1.54, 1.807) is 6.92 Å². The summed E-state index contributed by atoms with van der Waals surface area (Å²) in [7, 11) is 1.27. The molecular formula is C17H17BrN4O5. The van der Waals surface area contributed by atoms with Crippen molar-refractivity contribution in [2.24, 2.45) is 5.10 Å². The fourth-order valence-electron chi connectivity index (χ4n) is 2.10. The first kappa shape index (κ1) is 20.2. The summed E-state index contributed by atoms with van der Waals surface area (Å²) in [5.41, 5.74) is 2.83. The molecule has 9 nitrogen and oxygen atoms in total. The Labute approximate surface area is 163 Å². The number of carbonyl (C=O) groups is 1. The van der Waals surface area contributed by atoms with E-state index >= 15 is 0 Å². The number of carbonyl (C=O) groups excluding carboxylic acids is 1. The van der Waals surface area contributed by atoms with E-state index in [0.717, 1.165) is 28.5 Å². The average molecular weight is 437 g/mol. The number of aromatic hydroxyl groups is 1. The van der Waals surface area contributed by atoms with Crippen molar-refractivity contribution in [3.63, 3.8) is 0 Å². The second-order valence-corrected chi connectivity index (χ2v) is 6.37. The zero-order valence-electron chi connectivity index (χ0n) is 14.5. The molecule has 0 radical (unpaired) electrons. The van der Waals surface area contributed by atoms with Crippen LogP contribution in [0.3, 0.4) is 0 Å². The Bertz CT molecular complexity index is 870. The number of phenols is 1. The van der Waals surface area contributed by atoms with Crippen LogP contribution in [0.15, 0.2) is 46.0 Å². The lowest BCUT2D eigenvalue weighted by atomic mass is 10.2. The summed E-state index contributed by atoms with van der Waals surface area (Å²) in [5.74, 6) is -0.810. The van der Waals surface area contributed by atoms with Crippen molar-refractivity contribution >= 4 is 39.4 Å². The Hall–Kier alpha value is -3.14. The third-order valence-electron chi connectivity index (χ3n) is 3.52. The predicted molar refractivity (Wildman–Crippen MR) is 104 cm³/mol. The smallest absolute Gasteiger partial charge is 0.274 e. The van der Waals surface area contributed by atoms with E-state index in [-0.39, 0.29) is 22.7 Å². The monoisotopic (exact) mass is 436 g/mol. The molecular weight excluding hydrogens is 420 g/mol. The first-order chi connectivity index (χ1) is 12.8. The van der Waals surface area contributed by atoms with Gasteiger partial charge in [0.25, 0.3) is 11.6 Å². The number of anilines is 1. The zero-order chi connectivity index (χ0) is 20.0. The van der Waals surface area contributed by atoms with E-state index in [2.05, 4.69) is 31.8 Å². The minimum absolute atomic E-state index is 0.0369. The minimum atomic E-state index is -0.623. The van der Waals surface area contributed by atoms with Crippen LogP contribution in [0.5, 0.6) is 11.5 Å². The summed E-state index contributed by atoms with van der Waals surface area (Å²) in [4.78, 5) is 22.4. The van der Waals surface area contributed by atoms with Gasteiger partial charge in [-0.25, -0.2) is 5.43 Å². The number of hydrogen-bond donors (Lipinski definition) is 3. The highest BCUT2D eigenvalue weighted by molar-refractivity contribution is 9.10. The Balaban J connectivity index is 2.05. The zero-order valence-corrected chi connectivity index (χ0v) is 16.1. The summed E-state index contributed by atoms with van der Waals surface area (Å²) >= 11 is 3.33. The van der Waals surface area contributed by atoms with Crippen LogP contribution in [0.2, 0.25) is 0 Å². The summed E-state index contributed by atoms with van der Waals surface area (Å²) < 4.78 is 5.82. The number of rotatable bonds is 7. The van der Waals surface area contributed by atoms with Crippen molar-refractivity contribution in [2.75, 3.05) is 12.4 Å². The molecule has 2 aromatic carbocycles. The standard InChI is InChI=1S/C17H17BrN4O5/c1-10(20-13-5-3-12(18)4-6-13)17(24)21-19-9-11-7-14(22(25)26)8-15(27-2)16(11)23/h3-10,20,23H,1-2H3,(H,21,24). The van der Waals surface area contributed by atoms with Gasteiger partial charge in [-0.2, -0.15) is 5.10 Å². The molecule has 0 fully saturated rings. The molecule has 0 heterocycles. The van der Waals surface area contributed by atoms with Crippen LogP contribution in [-0.4, -0.2) is 35.3 Å². The van der Waals surface area contributed by atoms with Crippen molar-refractivity contribution in [1.82, 2.24) is 5.43 Å². The molecule has 0 aliphatic rings. The van der Waals surface area contributed by atoms with Crippen molar-refractivity contribution in [3.8, 4) is 11.5 Å². The topological polar surface area (TPSA) is 126 Å². The maximum atomic E-state index is 12.1. The van der Waals surface area contributed by atoms with Gasteiger partial charge in [-0.1, -0.05) is 15.9 Å². The lowest BCUT2D eigenvalue weighted by Crippen LogP contribution is -2.34. The lowest BCUT2D eigenvalue weighted by Gasteiger charge is -2.13. The van der Waals surface area contributed by atoms with E-state index in [1.807, 2.05) is 24.3 Å². The quantitative estimate of drug-likeness (QED) is 0.347. The van der Waals surface area contributed by atoms with Crippen LogP contribution in [-0.2, 0) is 4.79 Å². The number of hydrogen-bond acceptors (Lipinski definition) is 7. The summed E-state index contributed by atoms with van der Waals surface area (Å²) in [6, 6.07) is 8.92. The fourth-order valence-corrected chi connectivity index (χ4v) is 2.36. The molecule has 0 bridgehead atoms. The van der Waals surface area contributed by atoms with E-state index in [9.17, 15) is 20.0 Å². The van der Waals surface area contributed by atoms with Crippen LogP contribution >= 0.6 is 15.9 Å². The number of nitrogens with one attached hydrogen (secondary N) is 2. The second kappa shape index (κ2) is 8.99. The highest BCUT2D eigenvalue weighted by atomic mass is 79.9. The largest absolute Gasteiger partial charge is 0.504 e. The maximum absolute atomic E-state index is 12.1. The number of nitrogens with zero attached hydrogens (tertiary/aromatic N) is 2. The SMILES string of the molecule is COc1cc([N+](=O)[O-])cc(C=NNC(=O)C(C)Nc2ccc(Br)cc2)c1O. The number of nitro benzene ring substituents is 1. The molecule has 1 unspecified atom stereocenters. The van der Waals surface area contributed by atoms with Gasteiger partial charge in [0.1, 0.15) is 6.04 Å². The van der Waals surface area contributed by atoms with Gasteiger partial charge in [-0.3, -0.25) is 14.9 Å². The van der Waals surface area contributed by atoms with E-state index in [1.165, 1.54) is 7.11 Å². The number of benzene rings is 2. The molecule has 142 valence electrons. The van der Waals surface area contributed by atoms with Crippen LogP contribution in [0.25, 0.3) is 0 Å². The molecule has 3 N–H and O–H groups in total. The molecule has 2 aromatic rings. The molecule has 0 spiro atoms. The predicted octanol–water partition coefficient (Wildman–Crippen LogP) is 3.02. The molecule has 0 saturated carbocycles. The molecule has 1 atom stereocenters. The van der Waals surface area contributed by atoms with Crippen molar-refractivity contribution < 1.29 is 19.6 Å². The average Bonchev–Trinajstić information content (AvgIpc) is 2.64. The molecule has 1 amide bonds. The van der Waals surface area contributed by atoms with Crippen LogP contribution in [0, 0.1) is 10.1 Å². The van der Waals surface area contributed by atoms with Crippen molar-refractivity contribution in [3.05, 3.63) is 56.5 Å². The van der Waals surface area contributed by atoms with Crippen molar-refractivity contribution in [1.29, 1.82) is 0 Å².